The van der Waals surface area contributed by atoms with Crippen LogP contribution >= 0.6 is 11.3 Å². The van der Waals surface area contributed by atoms with Crippen molar-refractivity contribution < 1.29 is 9.90 Å². The molecule has 0 fully saturated rings. The van der Waals surface area contributed by atoms with E-state index in [2.05, 4.69) is 25.7 Å². The summed E-state index contributed by atoms with van der Waals surface area (Å²) >= 11 is 1.02. The second-order valence-corrected chi connectivity index (χ2v) is 4.32. The highest BCUT2D eigenvalue weighted by atomic mass is 32.1. The summed E-state index contributed by atoms with van der Waals surface area (Å²) < 4.78 is 0. The van der Waals surface area contributed by atoms with E-state index >= 15 is 0 Å². The van der Waals surface area contributed by atoms with Crippen LogP contribution in [0.1, 0.15) is 15.5 Å². The van der Waals surface area contributed by atoms with Crippen LogP contribution in [0.15, 0.2) is 12.3 Å². The molecule has 2 aromatic heterocycles. The highest BCUT2D eigenvalue weighted by Gasteiger charge is 2.09. The van der Waals surface area contributed by atoms with Crippen LogP contribution in [-0.4, -0.2) is 26.0 Å². The molecule has 0 unspecified atom stereocenters. The Morgan fingerprint density at radius 2 is 2.17 bits per heavy atom. The lowest BCUT2D eigenvalue weighted by molar-refractivity contribution is 0.0702. The quantitative estimate of drug-likeness (QED) is 0.476. The fourth-order valence-corrected chi connectivity index (χ4v) is 1.91. The predicted molar refractivity (Wildman–Crippen MR) is 66.9 cm³/mol. The van der Waals surface area contributed by atoms with Crippen LogP contribution in [-0.2, 0) is 0 Å². The first-order valence-electron chi connectivity index (χ1n) is 4.87. The standard InChI is InChI=1S/C9H10N6O2S/c1-4-12-6(2-7(13-4)15-10)14-9-11-3-5(18-9)8(16)17/h2-3H,10H2,1H3,(H,16,17)(H2,11,12,13,14,15). The molecule has 0 aliphatic rings. The molecule has 8 nitrogen and oxygen atoms in total. The Morgan fingerprint density at radius 3 is 2.78 bits per heavy atom. The number of carbonyl (C=O) groups is 1. The van der Waals surface area contributed by atoms with Crippen molar-refractivity contribution in [3.8, 4) is 0 Å². The van der Waals surface area contributed by atoms with E-state index in [4.69, 9.17) is 10.9 Å². The van der Waals surface area contributed by atoms with Crippen molar-refractivity contribution in [2.45, 2.75) is 6.92 Å². The summed E-state index contributed by atoms with van der Waals surface area (Å²) in [4.78, 5) is 23.0. The first-order chi connectivity index (χ1) is 8.58. The number of hydrogen-bond acceptors (Lipinski definition) is 8. The molecule has 0 saturated heterocycles. The predicted octanol–water partition coefficient (Wildman–Crippen LogP) is 0.969. The van der Waals surface area contributed by atoms with Gasteiger partial charge in [-0.1, -0.05) is 11.3 Å². The lowest BCUT2D eigenvalue weighted by Gasteiger charge is -2.05. The SMILES string of the molecule is Cc1nc(NN)cc(Nc2ncc(C(=O)O)s2)n1. The summed E-state index contributed by atoms with van der Waals surface area (Å²) in [6, 6.07) is 1.59. The van der Waals surface area contributed by atoms with Gasteiger partial charge in [0, 0.05) is 6.07 Å². The summed E-state index contributed by atoms with van der Waals surface area (Å²) in [7, 11) is 0. The Bertz CT molecular complexity index is 584. The number of hydrogen-bond donors (Lipinski definition) is 4. The Labute approximate surface area is 106 Å². The maximum absolute atomic E-state index is 10.7. The van der Waals surface area contributed by atoms with Gasteiger partial charge >= 0.3 is 5.97 Å². The number of carboxylic acids is 1. The molecule has 0 spiro atoms. The lowest BCUT2D eigenvalue weighted by Crippen LogP contribution is -2.10. The van der Waals surface area contributed by atoms with Gasteiger partial charge in [0.1, 0.15) is 22.3 Å². The number of thiazole rings is 1. The molecule has 0 radical (unpaired) electrons. The zero-order valence-corrected chi connectivity index (χ0v) is 10.2. The molecule has 0 aliphatic carbocycles. The van der Waals surface area contributed by atoms with Crippen LogP contribution in [0.25, 0.3) is 0 Å². The van der Waals surface area contributed by atoms with Crippen molar-refractivity contribution in [1.29, 1.82) is 0 Å². The topological polar surface area (TPSA) is 126 Å². The molecule has 2 aromatic rings. The highest BCUT2D eigenvalue weighted by Crippen LogP contribution is 2.22. The summed E-state index contributed by atoms with van der Waals surface area (Å²) in [6.07, 6.45) is 1.28. The first-order valence-corrected chi connectivity index (χ1v) is 5.68. The molecule has 18 heavy (non-hydrogen) atoms. The molecule has 0 saturated carbocycles. The molecule has 0 aliphatic heterocycles. The zero-order chi connectivity index (χ0) is 13.1. The maximum atomic E-state index is 10.7. The second-order valence-electron chi connectivity index (χ2n) is 3.29. The van der Waals surface area contributed by atoms with E-state index in [1.807, 2.05) is 0 Å². The monoisotopic (exact) mass is 266 g/mol. The van der Waals surface area contributed by atoms with Gasteiger partial charge in [-0.2, -0.15) is 0 Å². The van der Waals surface area contributed by atoms with Gasteiger partial charge < -0.3 is 15.8 Å². The third-order valence-corrected chi connectivity index (χ3v) is 2.84. The van der Waals surface area contributed by atoms with E-state index in [9.17, 15) is 4.79 Å². The highest BCUT2D eigenvalue weighted by molar-refractivity contribution is 7.17. The Hall–Kier alpha value is -2.26. The number of aryl methyl sites for hydroxylation is 1. The number of anilines is 3. The van der Waals surface area contributed by atoms with Gasteiger partial charge in [-0.05, 0) is 6.92 Å². The van der Waals surface area contributed by atoms with Crippen molar-refractivity contribution in [2.24, 2.45) is 5.84 Å². The second kappa shape index (κ2) is 4.94. The zero-order valence-electron chi connectivity index (χ0n) is 9.34. The van der Waals surface area contributed by atoms with Crippen LogP contribution in [0, 0.1) is 6.92 Å². The Balaban J connectivity index is 2.22. The van der Waals surface area contributed by atoms with Crippen LogP contribution in [0.3, 0.4) is 0 Å². The van der Waals surface area contributed by atoms with Gasteiger partial charge in [0.05, 0.1) is 6.20 Å². The number of nitrogens with two attached hydrogens (primary N) is 1. The van der Waals surface area contributed by atoms with E-state index in [1.54, 1.807) is 13.0 Å². The molecule has 2 rings (SSSR count). The van der Waals surface area contributed by atoms with Crippen molar-refractivity contribution in [1.82, 2.24) is 15.0 Å². The van der Waals surface area contributed by atoms with E-state index in [0.29, 0.717) is 22.6 Å². The summed E-state index contributed by atoms with van der Waals surface area (Å²) in [6.45, 7) is 1.72. The van der Waals surface area contributed by atoms with Gasteiger partial charge in [-0.15, -0.1) is 0 Å². The van der Waals surface area contributed by atoms with Crippen LogP contribution in [0.2, 0.25) is 0 Å². The Kier molecular flexibility index (Phi) is 3.35. The van der Waals surface area contributed by atoms with Crippen LogP contribution < -0.4 is 16.6 Å². The summed E-state index contributed by atoms with van der Waals surface area (Å²) in [5.41, 5.74) is 2.42. The number of aromatic nitrogens is 3. The molecule has 0 bridgehead atoms. The Morgan fingerprint density at radius 1 is 1.44 bits per heavy atom. The van der Waals surface area contributed by atoms with Gasteiger partial charge in [-0.3, -0.25) is 0 Å². The normalized spacial score (nSPS) is 10.1. The number of nitrogens with one attached hydrogen (secondary N) is 2. The minimum atomic E-state index is -1.01. The molecule has 9 heteroatoms. The van der Waals surface area contributed by atoms with Crippen molar-refractivity contribution in [3.63, 3.8) is 0 Å². The van der Waals surface area contributed by atoms with E-state index in [0.717, 1.165) is 11.3 Å². The third-order valence-electron chi connectivity index (χ3n) is 1.94. The average Bonchev–Trinajstić information content (AvgIpc) is 2.76. The number of carboxylic acid groups (broad SMARTS) is 1. The fourth-order valence-electron chi connectivity index (χ4n) is 1.25. The van der Waals surface area contributed by atoms with Crippen LogP contribution in [0.5, 0.6) is 0 Å². The number of nitrogen functional groups attached to an aromatic ring is 1. The van der Waals surface area contributed by atoms with Gasteiger partial charge in [0.15, 0.2) is 5.13 Å². The molecule has 94 valence electrons. The fraction of sp³-hybridized carbons (Fsp3) is 0.111. The van der Waals surface area contributed by atoms with Crippen molar-refractivity contribution in [2.75, 3.05) is 10.7 Å². The molecule has 0 aromatic carbocycles. The first kappa shape index (κ1) is 12.2. The smallest absolute Gasteiger partial charge is 0.347 e. The molecule has 2 heterocycles. The number of hydrazine groups is 1. The van der Waals surface area contributed by atoms with E-state index in [-0.39, 0.29) is 4.88 Å². The van der Waals surface area contributed by atoms with Crippen molar-refractivity contribution in [3.05, 3.63) is 23.0 Å². The van der Waals surface area contributed by atoms with Crippen molar-refractivity contribution >= 4 is 34.1 Å². The minimum absolute atomic E-state index is 0.153. The number of aromatic carboxylic acids is 1. The molecular formula is C9H10N6O2S. The van der Waals surface area contributed by atoms with Gasteiger partial charge in [0.2, 0.25) is 0 Å². The van der Waals surface area contributed by atoms with Gasteiger partial charge in [-0.25, -0.2) is 25.6 Å². The molecular weight excluding hydrogens is 256 g/mol. The molecule has 0 atom stereocenters. The third kappa shape index (κ3) is 2.70. The van der Waals surface area contributed by atoms with Crippen LogP contribution in [0.4, 0.5) is 16.8 Å². The largest absolute Gasteiger partial charge is 0.477 e. The van der Waals surface area contributed by atoms with Gasteiger partial charge in [0.25, 0.3) is 0 Å². The lowest BCUT2D eigenvalue weighted by atomic mass is 10.5. The molecule has 0 amide bonds. The number of nitrogens with zero attached hydrogens (tertiary/aromatic N) is 3. The number of rotatable bonds is 4. The minimum Gasteiger partial charge on any atom is -0.477 e. The molecule has 5 N–H and O–H groups in total. The van der Waals surface area contributed by atoms with E-state index in [1.165, 1.54) is 6.20 Å². The summed E-state index contributed by atoms with van der Waals surface area (Å²) in [5.74, 6) is 5.73. The summed E-state index contributed by atoms with van der Waals surface area (Å²) in [5, 5.41) is 12.1. The average molecular weight is 266 g/mol. The maximum Gasteiger partial charge on any atom is 0.347 e. The van der Waals surface area contributed by atoms with E-state index < -0.39 is 5.97 Å².